The third-order valence-electron chi connectivity index (χ3n) is 5.20. The van der Waals surface area contributed by atoms with Crippen molar-refractivity contribution < 1.29 is 14.3 Å². The summed E-state index contributed by atoms with van der Waals surface area (Å²) in [5.74, 6) is 0.859. The lowest BCUT2D eigenvalue weighted by atomic mass is 10.1. The first-order valence-electron chi connectivity index (χ1n) is 9.46. The predicted octanol–water partition coefficient (Wildman–Crippen LogP) is 1.49. The van der Waals surface area contributed by atoms with Crippen LogP contribution in [0, 0.1) is 13.8 Å². The molecule has 1 aromatic carbocycles. The average Bonchev–Trinajstić information content (AvgIpc) is 3.44. The maximum Gasteiger partial charge on any atom is 0.260 e. The summed E-state index contributed by atoms with van der Waals surface area (Å²) >= 11 is 0. The Bertz CT molecular complexity index is 664. The monoisotopic (exact) mass is 359 g/mol. The summed E-state index contributed by atoms with van der Waals surface area (Å²) in [6, 6.07) is 6.19. The van der Waals surface area contributed by atoms with Crippen LogP contribution in [0.25, 0.3) is 0 Å². The van der Waals surface area contributed by atoms with Gasteiger partial charge in [0.05, 0.1) is 6.04 Å². The minimum Gasteiger partial charge on any atom is -0.484 e. The molecule has 1 saturated carbocycles. The van der Waals surface area contributed by atoms with Crippen LogP contribution < -0.4 is 10.1 Å². The van der Waals surface area contributed by atoms with Gasteiger partial charge < -0.3 is 15.0 Å². The molecular formula is C20H29N3O3. The minimum absolute atomic E-state index is 0.000269. The number of hydrogen-bond acceptors (Lipinski definition) is 4. The SMILES string of the molecule is Cc1ccc(OCC(=O)N2CCN(C(C)C(=O)NC3CC3)CC2)c(C)c1. The lowest BCUT2D eigenvalue weighted by Gasteiger charge is -2.37. The van der Waals surface area contributed by atoms with Gasteiger partial charge in [-0.3, -0.25) is 14.5 Å². The molecule has 2 amide bonds. The molecule has 6 nitrogen and oxygen atoms in total. The highest BCUT2D eigenvalue weighted by Gasteiger charge is 2.30. The van der Waals surface area contributed by atoms with E-state index < -0.39 is 0 Å². The second-order valence-corrected chi connectivity index (χ2v) is 7.43. The average molecular weight is 359 g/mol. The molecule has 1 aliphatic heterocycles. The molecule has 142 valence electrons. The number of nitrogens with one attached hydrogen (secondary N) is 1. The number of ether oxygens (including phenoxy) is 1. The Labute approximate surface area is 155 Å². The quantitative estimate of drug-likeness (QED) is 0.836. The molecule has 0 bridgehead atoms. The number of rotatable bonds is 6. The highest BCUT2D eigenvalue weighted by atomic mass is 16.5. The van der Waals surface area contributed by atoms with E-state index in [1.54, 1.807) is 0 Å². The normalized spacial score (nSPS) is 19.1. The van der Waals surface area contributed by atoms with Crippen LogP contribution in [-0.2, 0) is 9.59 Å². The number of hydrogen-bond donors (Lipinski definition) is 1. The number of aryl methyl sites for hydroxylation is 2. The third-order valence-corrected chi connectivity index (χ3v) is 5.20. The summed E-state index contributed by atoms with van der Waals surface area (Å²) in [5, 5.41) is 3.05. The van der Waals surface area contributed by atoms with E-state index in [2.05, 4.69) is 10.2 Å². The molecule has 1 N–H and O–H groups in total. The molecule has 1 unspecified atom stereocenters. The van der Waals surface area contributed by atoms with Crippen LogP contribution in [0.5, 0.6) is 5.75 Å². The molecule has 1 aromatic rings. The van der Waals surface area contributed by atoms with Crippen molar-refractivity contribution in [2.24, 2.45) is 0 Å². The Morgan fingerprint density at radius 1 is 1.19 bits per heavy atom. The second-order valence-electron chi connectivity index (χ2n) is 7.43. The zero-order valence-corrected chi connectivity index (χ0v) is 16.0. The number of carbonyl (C=O) groups excluding carboxylic acids is 2. The fourth-order valence-electron chi connectivity index (χ4n) is 3.27. The zero-order valence-electron chi connectivity index (χ0n) is 16.0. The van der Waals surface area contributed by atoms with E-state index in [-0.39, 0.29) is 24.5 Å². The summed E-state index contributed by atoms with van der Waals surface area (Å²) < 4.78 is 5.70. The molecule has 0 spiro atoms. The van der Waals surface area contributed by atoms with E-state index in [1.807, 2.05) is 43.9 Å². The first kappa shape index (κ1) is 18.7. The van der Waals surface area contributed by atoms with Crippen LogP contribution in [0.4, 0.5) is 0 Å². The minimum atomic E-state index is -0.140. The van der Waals surface area contributed by atoms with Crippen molar-refractivity contribution in [1.29, 1.82) is 0 Å². The van der Waals surface area contributed by atoms with Gasteiger partial charge in [0.25, 0.3) is 5.91 Å². The van der Waals surface area contributed by atoms with Crippen molar-refractivity contribution in [3.8, 4) is 5.75 Å². The van der Waals surface area contributed by atoms with Gasteiger partial charge in [-0.2, -0.15) is 0 Å². The summed E-state index contributed by atoms with van der Waals surface area (Å²) in [7, 11) is 0. The van der Waals surface area contributed by atoms with Crippen molar-refractivity contribution in [1.82, 2.24) is 15.1 Å². The van der Waals surface area contributed by atoms with E-state index in [0.717, 1.165) is 24.2 Å². The third kappa shape index (κ3) is 4.75. The van der Waals surface area contributed by atoms with Crippen LogP contribution in [0.2, 0.25) is 0 Å². The highest BCUT2D eigenvalue weighted by molar-refractivity contribution is 5.82. The maximum absolute atomic E-state index is 12.4. The van der Waals surface area contributed by atoms with E-state index in [1.165, 1.54) is 5.56 Å². The first-order valence-corrected chi connectivity index (χ1v) is 9.46. The Balaban J connectivity index is 1.43. The molecule has 0 aromatic heterocycles. The van der Waals surface area contributed by atoms with Gasteiger partial charge in [-0.05, 0) is 45.2 Å². The standard InChI is InChI=1S/C20H29N3O3/c1-14-4-7-18(15(2)12-14)26-13-19(24)23-10-8-22(9-11-23)16(3)20(25)21-17-5-6-17/h4,7,12,16-17H,5-6,8-11,13H2,1-3H3,(H,21,25). The Kier molecular flexibility index (Phi) is 5.81. The van der Waals surface area contributed by atoms with Gasteiger partial charge in [0.2, 0.25) is 5.91 Å². The fraction of sp³-hybridized carbons (Fsp3) is 0.600. The molecule has 2 fully saturated rings. The van der Waals surface area contributed by atoms with Crippen molar-refractivity contribution in [2.75, 3.05) is 32.8 Å². The molecule has 0 radical (unpaired) electrons. The largest absolute Gasteiger partial charge is 0.484 e. The van der Waals surface area contributed by atoms with E-state index in [0.29, 0.717) is 32.2 Å². The smallest absolute Gasteiger partial charge is 0.260 e. The molecule has 26 heavy (non-hydrogen) atoms. The van der Waals surface area contributed by atoms with Gasteiger partial charge >= 0.3 is 0 Å². The van der Waals surface area contributed by atoms with Crippen LogP contribution in [-0.4, -0.2) is 66.5 Å². The topological polar surface area (TPSA) is 61.9 Å². The molecular weight excluding hydrogens is 330 g/mol. The lowest BCUT2D eigenvalue weighted by Crippen LogP contribution is -2.55. The van der Waals surface area contributed by atoms with Crippen LogP contribution in [0.3, 0.4) is 0 Å². The van der Waals surface area contributed by atoms with Crippen LogP contribution >= 0.6 is 0 Å². The maximum atomic E-state index is 12.4. The number of piperazine rings is 1. The summed E-state index contributed by atoms with van der Waals surface area (Å²) in [5.41, 5.74) is 2.22. The lowest BCUT2D eigenvalue weighted by molar-refractivity contribution is -0.136. The van der Waals surface area contributed by atoms with E-state index in [9.17, 15) is 9.59 Å². The van der Waals surface area contributed by atoms with Crippen molar-refractivity contribution in [2.45, 2.75) is 45.7 Å². The molecule has 1 atom stereocenters. The Hall–Kier alpha value is -2.08. The number of carbonyl (C=O) groups is 2. The Morgan fingerprint density at radius 3 is 2.50 bits per heavy atom. The zero-order chi connectivity index (χ0) is 18.7. The summed E-state index contributed by atoms with van der Waals surface area (Å²) in [6.07, 6.45) is 2.20. The molecule has 2 aliphatic rings. The fourth-order valence-corrected chi connectivity index (χ4v) is 3.27. The first-order chi connectivity index (χ1) is 12.4. The van der Waals surface area contributed by atoms with Gasteiger partial charge in [0.1, 0.15) is 5.75 Å². The van der Waals surface area contributed by atoms with Crippen molar-refractivity contribution in [3.05, 3.63) is 29.3 Å². The van der Waals surface area contributed by atoms with Gasteiger partial charge in [-0.1, -0.05) is 17.7 Å². The molecule has 1 aliphatic carbocycles. The van der Waals surface area contributed by atoms with Gasteiger partial charge in [-0.25, -0.2) is 0 Å². The van der Waals surface area contributed by atoms with Crippen molar-refractivity contribution in [3.63, 3.8) is 0 Å². The van der Waals surface area contributed by atoms with Crippen LogP contribution in [0.1, 0.15) is 30.9 Å². The van der Waals surface area contributed by atoms with E-state index >= 15 is 0 Å². The molecule has 1 saturated heterocycles. The second kappa shape index (κ2) is 8.08. The highest BCUT2D eigenvalue weighted by Crippen LogP contribution is 2.20. The number of nitrogens with zero attached hydrogens (tertiary/aromatic N) is 2. The Morgan fingerprint density at radius 2 is 1.88 bits per heavy atom. The summed E-state index contributed by atoms with van der Waals surface area (Å²) in [6.45, 7) is 8.72. The van der Waals surface area contributed by atoms with Crippen molar-refractivity contribution >= 4 is 11.8 Å². The summed E-state index contributed by atoms with van der Waals surface area (Å²) in [4.78, 5) is 28.6. The van der Waals surface area contributed by atoms with Gasteiger partial charge in [0, 0.05) is 32.2 Å². The number of benzene rings is 1. The predicted molar refractivity (Wildman–Crippen MR) is 100 cm³/mol. The van der Waals surface area contributed by atoms with Crippen LogP contribution in [0.15, 0.2) is 18.2 Å². The van der Waals surface area contributed by atoms with Gasteiger partial charge in [-0.15, -0.1) is 0 Å². The molecule has 3 rings (SSSR count). The van der Waals surface area contributed by atoms with Gasteiger partial charge in [0.15, 0.2) is 6.61 Å². The van der Waals surface area contributed by atoms with E-state index in [4.69, 9.17) is 4.74 Å². The molecule has 1 heterocycles. The molecule has 6 heteroatoms. The number of amides is 2.